The van der Waals surface area contributed by atoms with E-state index in [1.54, 1.807) is 31.2 Å². The summed E-state index contributed by atoms with van der Waals surface area (Å²) in [6.45, 7) is 17.2. The molecule has 0 N–H and O–H groups in total. The van der Waals surface area contributed by atoms with Gasteiger partial charge in [0.05, 0.1) is 0 Å². The highest BCUT2D eigenvalue weighted by Crippen LogP contribution is 2.30. The van der Waals surface area contributed by atoms with E-state index in [0.29, 0.717) is 29.7 Å². The minimum Gasteiger partial charge on any atom is -0.744 e. The van der Waals surface area contributed by atoms with Crippen molar-refractivity contribution in [2.75, 3.05) is 19.7 Å². The number of carbonyl (C=O) groups excluding carboxylic acids is 1. The summed E-state index contributed by atoms with van der Waals surface area (Å²) in [5.41, 5.74) is 3.74. The lowest BCUT2D eigenvalue weighted by atomic mass is 9.91. The number of carbonyl (C=O) groups is 1. The third-order valence-electron chi connectivity index (χ3n) is 10.9. The Morgan fingerprint density at radius 1 is 0.814 bits per heavy atom. The van der Waals surface area contributed by atoms with E-state index in [9.17, 15) is 17.8 Å². The SMILES string of the molecule is C=CC(c1ccccc1)C1CN(CCOC(=O)C(=C)C)C(CCCCCCCCCCCCCCCC(C)C)=[N+]1Cc1ccccc1.O=S(=O)([O-])C=Cc1ccccc1. The summed E-state index contributed by atoms with van der Waals surface area (Å²) < 4.78 is 38.7. The van der Waals surface area contributed by atoms with E-state index in [1.165, 1.54) is 113 Å². The number of benzene rings is 3. The van der Waals surface area contributed by atoms with Crippen LogP contribution in [0.3, 0.4) is 0 Å². The molecule has 0 aliphatic carbocycles. The lowest BCUT2D eigenvalue weighted by molar-refractivity contribution is -0.574. The van der Waals surface area contributed by atoms with Crippen molar-refractivity contribution in [1.29, 1.82) is 0 Å². The Hall–Kier alpha value is -4.27. The molecule has 1 aliphatic heterocycles. The molecular weight excluding hydrogens is 753 g/mol. The van der Waals surface area contributed by atoms with E-state index in [1.807, 2.05) is 6.07 Å². The van der Waals surface area contributed by atoms with Crippen molar-refractivity contribution < 1.29 is 27.1 Å². The first kappa shape index (κ1) is 49.1. The van der Waals surface area contributed by atoms with E-state index in [-0.39, 0.29) is 17.9 Å². The lowest BCUT2D eigenvalue weighted by Gasteiger charge is -2.21. The molecule has 0 bridgehead atoms. The molecule has 1 aliphatic rings. The molecule has 0 saturated carbocycles. The zero-order valence-electron chi connectivity index (χ0n) is 36.3. The Balaban J connectivity index is 0.000000662. The molecule has 0 aromatic heterocycles. The zero-order valence-corrected chi connectivity index (χ0v) is 37.1. The average molecular weight is 825 g/mol. The summed E-state index contributed by atoms with van der Waals surface area (Å²) in [4.78, 5) is 14.6. The van der Waals surface area contributed by atoms with Crippen LogP contribution in [0, 0.1) is 5.92 Å². The second kappa shape index (κ2) is 28.2. The number of hydrogen-bond donors (Lipinski definition) is 0. The van der Waals surface area contributed by atoms with Gasteiger partial charge < -0.3 is 9.29 Å². The Morgan fingerprint density at radius 3 is 1.83 bits per heavy atom. The number of hydrogen-bond acceptors (Lipinski definition) is 6. The standard InChI is InChI=1S/C43H65N2O2.C8H8O3S/c1-6-40(39-29-23-19-24-30-39)41-35-44(32-33-47-43(46)37(4)5)42(45(41)34-38-27-21-18-22-28-38)31-25-17-15-13-11-9-7-8-10-12-14-16-20-26-36(2)3;9-12(10,11)7-6-8-4-2-1-3-5-8/h6,18-19,21-24,27-30,36,40-41H,1,4,7-17,20,25-26,31-35H2,2-3,5H3;1-7H,(H,9,10,11)/q+1;/p-1. The first-order chi connectivity index (χ1) is 28.5. The Kier molecular flexibility index (Phi) is 23.5. The summed E-state index contributed by atoms with van der Waals surface area (Å²) in [7, 11) is -4.25. The largest absolute Gasteiger partial charge is 0.744 e. The minimum atomic E-state index is -4.25. The Morgan fingerprint density at radius 2 is 1.32 bits per heavy atom. The Labute approximate surface area is 357 Å². The molecule has 0 spiro atoms. The maximum absolute atomic E-state index is 12.2. The number of nitrogens with zero attached hydrogens (tertiary/aromatic N) is 2. The molecule has 2 unspecified atom stereocenters. The van der Waals surface area contributed by atoms with Crippen molar-refractivity contribution >= 4 is 28.0 Å². The molecule has 4 rings (SSSR count). The van der Waals surface area contributed by atoms with Crippen LogP contribution in [0.4, 0.5) is 0 Å². The number of amidine groups is 1. The highest BCUT2D eigenvalue weighted by molar-refractivity contribution is 7.88. The van der Waals surface area contributed by atoms with E-state index >= 15 is 0 Å². The first-order valence-electron chi connectivity index (χ1n) is 22.1. The van der Waals surface area contributed by atoms with Gasteiger partial charge in [0.25, 0.3) is 0 Å². The predicted molar refractivity (Wildman–Crippen MR) is 245 cm³/mol. The van der Waals surface area contributed by atoms with Crippen molar-refractivity contribution in [1.82, 2.24) is 4.90 Å². The molecule has 0 amide bonds. The van der Waals surface area contributed by atoms with E-state index in [0.717, 1.165) is 25.4 Å². The van der Waals surface area contributed by atoms with Gasteiger partial charge in [-0.3, -0.25) is 9.48 Å². The molecule has 8 heteroatoms. The molecule has 3 aromatic rings. The number of ether oxygens (including phenoxy) is 1. The van der Waals surface area contributed by atoms with Crippen molar-refractivity contribution in [3.8, 4) is 0 Å². The average Bonchev–Trinajstić information content (AvgIpc) is 3.55. The topological polar surface area (TPSA) is 89.8 Å². The smallest absolute Gasteiger partial charge is 0.333 e. The second-order valence-corrected chi connectivity index (χ2v) is 17.6. The predicted octanol–water partition coefficient (Wildman–Crippen LogP) is 12.1. The van der Waals surface area contributed by atoms with Crippen molar-refractivity contribution in [3.05, 3.63) is 138 Å². The third kappa shape index (κ3) is 20.5. The molecule has 0 saturated heterocycles. The summed E-state index contributed by atoms with van der Waals surface area (Å²) in [5.74, 6) is 2.11. The zero-order chi connectivity index (χ0) is 42.7. The molecule has 1 heterocycles. The quantitative estimate of drug-likeness (QED) is 0.0190. The van der Waals surface area contributed by atoms with E-state index in [4.69, 9.17) is 4.74 Å². The molecule has 322 valence electrons. The van der Waals surface area contributed by atoms with Gasteiger partial charge in [0, 0.05) is 23.3 Å². The normalized spacial score (nSPS) is 14.7. The number of esters is 1. The molecule has 0 radical (unpaired) electrons. The van der Waals surface area contributed by atoms with Gasteiger partial charge in [0.1, 0.15) is 42.4 Å². The molecule has 59 heavy (non-hydrogen) atoms. The summed E-state index contributed by atoms with van der Waals surface area (Å²) in [6.07, 6.45) is 23.5. The van der Waals surface area contributed by atoms with Crippen LogP contribution in [0.15, 0.2) is 121 Å². The molecule has 0 fully saturated rings. The van der Waals surface area contributed by atoms with E-state index < -0.39 is 10.1 Å². The van der Waals surface area contributed by atoms with Crippen LogP contribution in [-0.2, 0) is 26.2 Å². The fourth-order valence-electron chi connectivity index (χ4n) is 7.69. The highest BCUT2D eigenvalue weighted by Gasteiger charge is 2.42. The lowest BCUT2D eigenvalue weighted by Crippen LogP contribution is -2.34. The van der Waals surface area contributed by atoms with Crippen LogP contribution in [0.5, 0.6) is 0 Å². The molecule has 7 nitrogen and oxygen atoms in total. The van der Waals surface area contributed by atoms with Gasteiger partial charge in [-0.2, -0.15) is 0 Å². The molecule has 2 atom stereocenters. The third-order valence-corrected chi connectivity index (χ3v) is 11.4. The van der Waals surface area contributed by atoms with Crippen molar-refractivity contribution in [2.45, 2.75) is 136 Å². The van der Waals surface area contributed by atoms with Crippen LogP contribution < -0.4 is 0 Å². The molecular formula is C51H72N2O5S. The maximum Gasteiger partial charge on any atom is 0.333 e. The maximum atomic E-state index is 12.2. The van der Waals surface area contributed by atoms with Gasteiger partial charge in [-0.1, -0.05) is 201 Å². The number of rotatable bonds is 27. The van der Waals surface area contributed by atoms with Gasteiger partial charge in [0.2, 0.25) is 5.84 Å². The van der Waals surface area contributed by atoms with Crippen LogP contribution in [-0.4, -0.2) is 60.0 Å². The highest BCUT2D eigenvalue weighted by atomic mass is 32.2. The van der Waals surface area contributed by atoms with Gasteiger partial charge in [-0.25, -0.2) is 13.2 Å². The van der Waals surface area contributed by atoms with Gasteiger partial charge in [-0.15, -0.1) is 6.58 Å². The first-order valence-corrected chi connectivity index (χ1v) is 23.6. The Bertz CT molecular complexity index is 1810. The molecule has 3 aromatic carbocycles. The summed E-state index contributed by atoms with van der Waals surface area (Å²) in [6, 6.07) is 30.6. The van der Waals surface area contributed by atoms with Gasteiger partial charge in [0.15, 0.2) is 0 Å². The van der Waals surface area contributed by atoms with Crippen LogP contribution >= 0.6 is 0 Å². The fourth-order valence-corrected chi connectivity index (χ4v) is 8.01. The fraction of sp³-hybridized carbons (Fsp3) is 0.490. The van der Waals surface area contributed by atoms with Crippen molar-refractivity contribution in [2.24, 2.45) is 5.92 Å². The summed E-state index contributed by atoms with van der Waals surface area (Å²) >= 11 is 0. The van der Waals surface area contributed by atoms with Gasteiger partial charge in [-0.05, 0) is 42.0 Å². The second-order valence-electron chi connectivity index (χ2n) is 16.4. The number of unbranched alkanes of at least 4 members (excludes halogenated alkanes) is 12. The van der Waals surface area contributed by atoms with Gasteiger partial charge >= 0.3 is 5.97 Å². The van der Waals surface area contributed by atoms with Crippen molar-refractivity contribution in [3.63, 3.8) is 0 Å². The minimum absolute atomic E-state index is 0.197. The monoisotopic (exact) mass is 825 g/mol. The van der Waals surface area contributed by atoms with Crippen LogP contribution in [0.1, 0.15) is 140 Å². The van der Waals surface area contributed by atoms with E-state index in [2.05, 4.69) is 103 Å². The summed E-state index contributed by atoms with van der Waals surface area (Å²) in [5, 5.41) is 0.641. The van der Waals surface area contributed by atoms with Crippen LogP contribution in [0.2, 0.25) is 0 Å². The van der Waals surface area contributed by atoms with Crippen LogP contribution in [0.25, 0.3) is 6.08 Å².